The highest BCUT2D eigenvalue weighted by molar-refractivity contribution is 7.23. The summed E-state index contributed by atoms with van der Waals surface area (Å²) >= 11 is 1.71. The van der Waals surface area contributed by atoms with Crippen LogP contribution >= 0.6 is 11.3 Å². The number of fused-ring (bicyclic) bond motifs is 1. The van der Waals surface area contributed by atoms with Crippen LogP contribution in [0.5, 0.6) is 11.5 Å². The molecular weight excluding hydrogens is 351 g/mol. The predicted molar refractivity (Wildman–Crippen MR) is 106 cm³/mol. The normalized spacial score (nSPS) is 14.7. The summed E-state index contributed by atoms with van der Waals surface area (Å²) in [5, 5.41) is 2.26. The first-order chi connectivity index (χ1) is 12.7. The smallest absolute Gasteiger partial charge is 0.146 e. The van der Waals surface area contributed by atoms with Gasteiger partial charge in [0.25, 0.3) is 0 Å². The highest BCUT2D eigenvalue weighted by atomic mass is 32.1. The molecule has 0 saturated carbocycles. The predicted octanol–water partition coefficient (Wildman–Crippen LogP) is 4.38. The maximum atomic E-state index is 14.0. The van der Waals surface area contributed by atoms with Gasteiger partial charge in [-0.15, -0.1) is 11.3 Å². The maximum absolute atomic E-state index is 14.0. The molecule has 0 N–H and O–H groups in total. The Kier molecular flexibility index (Phi) is 4.59. The Morgan fingerprint density at radius 3 is 2.23 bits per heavy atom. The lowest BCUT2D eigenvalue weighted by Gasteiger charge is -2.36. The number of piperazine rings is 1. The standard InChI is InChI=1S/C20H21FN2O2S/c1-24-17-7-8-18(25-2)20-14(17)13-19(26-20)23-11-9-22(10-12-23)16-6-4-3-5-15(16)21/h3-8,13H,9-12H2,1-2H3. The molecule has 4 nitrogen and oxygen atoms in total. The molecule has 26 heavy (non-hydrogen) atoms. The number of halogens is 1. The Bertz CT molecular complexity index is 878. The lowest BCUT2D eigenvalue weighted by Crippen LogP contribution is -2.46. The van der Waals surface area contributed by atoms with E-state index >= 15 is 0 Å². The molecule has 1 saturated heterocycles. The van der Waals surface area contributed by atoms with Gasteiger partial charge in [-0.3, -0.25) is 0 Å². The van der Waals surface area contributed by atoms with Crippen molar-refractivity contribution in [1.82, 2.24) is 0 Å². The minimum absolute atomic E-state index is 0.155. The molecule has 1 fully saturated rings. The molecule has 0 aliphatic carbocycles. The molecule has 2 heterocycles. The zero-order chi connectivity index (χ0) is 18.1. The number of para-hydroxylation sites is 1. The van der Waals surface area contributed by atoms with Crippen LogP contribution in [0.1, 0.15) is 0 Å². The molecule has 0 radical (unpaired) electrons. The van der Waals surface area contributed by atoms with Gasteiger partial charge in [0, 0.05) is 31.6 Å². The third kappa shape index (κ3) is 2.94. The number of nitrogens with zero attached hydrogens (tertiary/aromatic N) is 2. The molecule has 4 rings (SSSR count). The molecule has 2 aromatic carbocycles. The van der Waals surface area contributed by atoms with Crippen molar-refractivity contribution < 1.29 is 13.9 Å². The van der Waals surface area contributed by atoms with Crippen LogP contribution in [0.3, 0.4) is 0 Å². The number of rotatable bonds is 4. The number of benzene rings is 2. The van der Waals surface area contributed by atoms with Crippen LogP contribution in [-0.2, 0) is 0 Å². The second kappa shape index (κ2) is 7.03. The van der Waals surface area contributed by atoms with E-state index in [1.165, 1.54) is 11.1 Å². The van der Waals surface area contributed by atoms with Gasteiger partial charge in [-0.05, 0) is 30.3 Å². The van der Waals surface area contributed by atoms with Crippen molar-refractivity contribution in [2.45, 2.75) is 0 Å². The van der Waals surface area contributed by atoms with Gasteiger partial charge in [0.05, 0.1) is 29.6 Å². The molecule has 0 spiro atoms. The molecule has 3 aromatic rings. The van der Waals surface area contributed by atoms with Crippen LogP contribution in [0.4, 0.5) is 15.1 Å². The lowest BCUT2D eigenvalue weighted by molar-refractivity contribution is 0.411. The first-order valence-corrected chi connectivity index (χ1v) is 9.42. The summed E-state index contributed by atoms with van der Waals surface area (Å²) < 4.78 is 26.1. The number of hydrogen-bond donors (Lipinski definition) is 0. The fourth-order valence-electron chi connectivity index (χ4n) is 3.43. The lowest BCUT2D eigenvalue weighted by atomic mass is 10.2. The number of anilines is 2. The summed E-state index contributed by atoms with van der Waals surface area (Å²) in [5.74, 6) is 1.56. The highest BCUT2D eigenvalue weighted by Crippen LogP contribution is 2.43. The summed E-state index contributed by atoms with van der Waals surface area (Å²) in [4.78, 5) is 4.46. The molecule has 0 unspecified atom stereocenters. The van der Waals surface area contributed by atoms with E-state index in [0.717, 1.165) is 47.8 Å². The van der Waals surface area contributed by atoms with Crippen molar-refractivity contribution in [1.29, 1.82) is 0 Å². The molecule has 6 heteroatoms. The van der Waals surface area contributed by atoms with E-state index in [1.54, 1.807) is 31.6 Å². The Morgan fingerprint density at radius 2 is 1.54 bits per heavy atom. The van der Waals surface area contributed by atoms with Crippen molar-refractivity contribution in [2.24, 2.45) is 0 Å². The fourth-order valence-corrected chi connectivity index (χ4v) is 4.65. The zero-order valence-corrected chi connectivity index (χ0v) is 15.7. The molecule has 0 bridgehead atoms. The summed E-state index contributed by atoms with van der Waals surface area (Å²) in [6.07, 6.45) is 0. The quantitative estimate of drug-likeness (QED) is 0.678. The van der Waals surface area contributed by atoms with Crippen molar-refractivity contribution in [2.75, 3.05) is 50.2 Å². The van der Waals surface area contributed by atoms with Crippen molar-refractivity contribution in [3.8, 4) is 11.5 Å². The van der Waals surface area contributed by atoms with Gasteiger partial charge >= 0.3 is 0 Å². The van der Waals surface area contributed by atoms with E-state index in [1.807, 2.05) is 24.3 Å². The van der Waals surface area contributed by atoms with Gasteiger partial charge in [-0.25, -0.2) is 4.39 Å². The van der Waals surface area contributed by atoms with E-state index in [-0.39, 0.29) is 5.82 Å². The average Bonchev–Trinajstić information content (AvgIpc) is 3.13. The van der Waals surface area contributed by atoms with E-state index in [0.29, 0.717) is 5.69 Å². The largest absolute Gasteiger partial charge is 0.496 e. The molecule has 1 aliphatic heterocycles. The molecule has 0 atom stereocenters. The third-order valence-corrected chi connectivity index (χ3v) is 6.03. The average molecular weight is 372 g/mol. The van der Waals surface area contributed by atoms with Crippen LogP contribution < -0.4 is 19.3 Å². The number of ether oxygens (including phenoxy) is 2. The summed E-state index contributed by atoms with van der Waals surface area (Å²) in [6, 6.07) is 13.0. The van der Waals surface area contributed by atoms with E-state index in [9.17, 15) is 4.39 Å². The van der Waals surface area contributed by atoms with Crippen LogP contribution in [0, 0.1) is 5.82 Å². The van der Waals surface area contributed by atoms with Crippen LogP contribution in [0.2, 0.25) is 0 Å². The van der Waals surface area contributed by atoms with Crippen molar-refractivity contribution in [3.63, 3.8) is 0 Å². The van der Waals surface area contributed by atoms with Gasteiger partial charge in [-0.2, -0.15) is 0 Å². The fraction of sp³-hybridized carbons (Fsp3) is 0.300. The minimum Gasteiger partial charge on any atom is -0.496 e. The Morgan fingerprint density at radius 1 is 0.885 bits per heavy atom. The third-order valence-electron chi connectivity index (χ3n) is 4.82. The minimum atomic E-state index is -0.155. The Hall–Kier alpha value is -2.47. The van der Waals surface area contributed by atoms with Crippen molar-refractivity contribution in [3.05, 3.63) is 48.3 Å². The van der Waals surface area contributed by atoms with E-state index in [2.05, 4.69) is 15.9 Å². The SMILES string of the molecule is COc1ccc(OC)c2sc(N3CCN(c4ccccc4F)CC3)cc12. The first-order valence-electron chi connectivity index (χ1n) is 8.60. The number of methoxy groups -OCH3 is 2. The van der Waals surface area contributed by atoms with Crippen molar-refractivity contribution >= 4 is 32.1 Å². The van der Waals surface area contributed by atoms with Crippen LogP contribution in [-0.4, -0.2) is 40.4 Å². The van der Waals surface area contributed by atoms with Gasteiger partial charge in [-0.1, -0.05) is 12.1 Å². The molecule has 136 valence electrons. The van der Waals surface area contributed by atoms with Gasteiger partial charge < -0.3 is 19.3 Å². The van der Waals surface area contributed by atoms with E-state index < -0.39 is 0 Å². The van der Waals surface area contributed by atoms with E-state index in [4.69, 9.17) is 9.47 Å². The second-order valence-electron chi connectivity index (χ2n) is 6.22. The number of hydrogen-bond acceptors (Lipinski definition) is 5. The first kappa shape index (κ1) is 17.0. The molecular formula is C20H21FN2O2S. The maximum Gasteiger partial charge on any atom is 0.146 e. The molecule has 1 aliphatic rings. The monoisotopic (exact) mass is 372 g/mol. The Balaban J connectivity index is 1.57. The van der Waals surface area contributed by atoms with Gasteiger partial charge in [0.1, 0.15) is 17.3 Å². The van der Waals surface area contributed by atoms with Crippen LogP contribution in [0.15, 0.2) is 42.5 Å². The molecule has 0 amide bonds. The highest BCUT2D eigenvalue weighted by Gasteiger charge is 2.22. The Labute approximate surface area is 156 Å². The summed E-state index contributed by atoms with van der Waals surface area (Å²) in [6.45, 7) is 3.30. The zero-order valence-electron chi connectivity index (χ0n) is 14.9. The summed E-state index contributed by atoms with van der Waals surface area (Å²) in [5.41, 5.74) is 0.687. The van der Waals surface area contributed by atoms with Crippen LogP contribution in [0.25, 0.3) is 10.1 Å². The topological polar surface area (TPSA) is 24.9 Å². The number of thiophene rings is 1. The second-order valence-corrected chi connectivity index (χ2v) is 7.25. The summed E-state index contributed by atoms with van der Waals surface area (Å²) in [7, 11) is 3.37. The molecule has 1 aromatic heterocycles. The van der Waals surface area contributed by atoms with Gasteiger partial charge in [0.2, 0.25) is 0 Å². The van der Waals surface area contributed by atoms with Gasteiger partial charge in [0.15, 0.2) is 0 Å².